The Hall–Kier alpha value is -0.740. The molecule has 1 aliphatic heterocycles. The average Bonchev–Trinajstić information content (AvgIpc) is 2.48. The minimum atomic E-state index is -0.175. The first-order chi connectivity index (χ1) is 7.43. The molecule has 2 rings (SSSR count). The minimum Gasteiger partial charge on any atom is -0.471 e. The van der Waals surface area contributed by atoms with E-state index in [1.807, 2.05) is 20.8 Å². The van der Waals surface area contributed by atoms with E-state index >= 15 is 0 Å². The van der Waals surface area contributed by atoms with E-state index in [0.29, 0.717) is 0 Å². The maximum atomic E-state index is 9.13. The van der Waals surface area contributed by atoms with Crippen molar-refractivity contribution in [1.82, 2.24) is 4.98 Å². The Kier molecular flexibility index (Phi) is 2.88. The summed E-state index contributed by atoms with van der Waals surface area (Å²) in [6.07, 6.45) is 0.856. The summed E-state index contributed by atoms with van der Waals surface area (Å²) in [6.45, 7) is 6.04. The molecule has 1 atom stereocenters. The van der Waals surface area contributed by atoms with Crippen LogP contribution in [0.2, 0.25) is 0 Å². The Morgan fingerprint density at radius 1 is 1.62 bits per heavy atom. The number of fused-ring (bicyclic) bond motifs is 1. The second kappa shape index (κ2) is 3.93. The van der Waals surface area contributed by atoms with Crippen LogP contribution in [0.4, 0.5) is 0 Å². The van der Waals surface area contributed by atoms with Crippen molar-refractivity contribution in [3.05, 3.63) is 22.9 Å². The number of pyridine rings is 1. The van der Waals surface area contributed by atoms with Gasteiger partial charge in [-0.1, -0.05) is 0 Å². The third-order valence-electron chi connectivity index (χ3n) is 2.81. The summed E-state index contributed by atoms with van der Waals surface area (Å²) in [6, 6.07) is 2.06. The van der Waals surface area contributed by atoms with Gasteiger partial charge in [-0.25, -0.2) is 4.98 Å². The molecule has 16 heavy (non-hydrogen) atoms. The van der Waals surface area contributed by atoms with Gasteiger partial charge in [0.1, 0.15) is 5.60 Å². The van der Waals surface area contributed by atoms with Gasteiger partial charge in [0.05, 0.1) is 11.9 Å². The van der Waals surface area contributed by atoms with Crippen LogP contribution in [0.1, 0.15) is 35.9 Å². The van der Waals surface area contributed by atoms with Crippen LogP contribution in [0.25, 0.3) is 0 Å². The van der Waals surface area contributed by atoms with Crippen molar-refractivity contribution in [3.63, 3.8) is 0 Å². The van der Waals surface area contributed by atoms with E-state index in [2.05, 4.69) is 23.7 Å². The molecule has 1 aliphatic rings. The number of hydrogen-bond donors (Lipinski definition) is 2. The van der Waals surface area contributed by atoms with E-state index in [0.717, 1.165) is 29.1 Å². The highest BCUT2D eigenvalue weighted by molar-refractivity contribution is 7.80. The third kappa shape index (κ3) is 2.04. The second-order valence-corrected chi connectivity index (χ2v) is 5.49. The zero-order chi connectivity index (χ0) is 11.9. The van der Waals surface area contributed by atoms with Gasteiger partial charge < -0.3 is 9.84 Å². The van der Waals surface area contributed by atoms with Crippen LogP contribution in [-0.2, 0) is 6.42 Å². The van der Waals surface area contributed by atoms with Crippen LogP contribution in [0.15, 0.2) is 6.07 Å². The molecule has 1 unspecified atom stereocenters. The number of thiol groups is 1. The van der Waals surface area contributed by atoms with Crippen molar-refractivity contribution in [2.45, 2.75) is 38.0 Å². The van der Waals surface area contributed by atoms with Crippen molar-refractivity contribution in [3.8, 4) is 5.88 Å². The van der Waals surface area contributed by atoms with Gasteiger partial charge in [0.15, 0.2) is 0 Å². The Balaban J connectivity index is 2.41. The van der Waals surface area contributed by atoms with Crippen molar-refractivity contribution >= 4 is 12.6 Å². The molecule has 0 amide bonds. The van der Waals surface area contributed by atoms with Crippen molar-refractivity contribution in [1.29, 1.82) is 0 Å². The van der Waals surface area contributed by atoms with E-state index in [1.54, 1.807) is 0 Å². The zero-order valence-electron chi connectivity index (χ0n) is 9.82. The zero-order valence-corrected chi connectivity index (χ0v) is 10.7. The first-order valence-corrected chi connectivity index (χ1v) is 5.93. The molecule has 0 bridgehead atoms. The quantitative estimate of drug-likeness (QED) is 0.776. The minimum absolute atomic E-state index is 0.0225. The van der Waals surface area contributed by atoms with Gasteiger partial charge >= 0.3 is 0 Å². The smallest absolute Gasteiger partial charge is 0.217 e. The van der Waals surface area contributed by atoms with E-state index in [1.165, 1.54) is 0 Å². The molecule has 1 aromatic rings. The summed E-state index contributed by atoms with van der Waals surface area (Å²) in [5, 5.41) is 8.96. The Labute approximate surface area is 101 Å². The van der Waals surface area contributed by atoms with Gasteiger partial charge in [-0.2, -0.15) is 12.6 Å². The van der Waals surface area contributed by atoms with Gasteiger partial charge in [-0.05, 0) is 32.4 Å². The molecule has 0 saturated carbocycles. The molecule has 2 heterocycles. The number of rotatable bonds is 2. The van der Waals surface area contributed by atoms with Crippen LogP contribution in [0, 0.1) is 6.92 Å². The van der Waals surface area contributed by atoms with Crippen LogP contribution in [-0.4, -0.2) is 22.3 Å². The molecule has 1 N–H and O–H groups in total. The molecule has 0 fully saturated rings. The second-order valence-electron chi connectivity index (χ2n) is 4.86. The largest absolute Gasteiger partial charge is 0.471 e. The van der Waals surface area contributed by atoms with Crippen LogP contribution in [0.3, 0.4) is 0 Å². The predicted octanol–water partition coefficient (Wildman–Crippen LogP) is 2.07. The Bertz CT molecular complexity index is 418. The van der Waals surface area contributed by atoms with E-state index in [-0.39, 0.29) is 17.5 Å². The molecule has 1 aromatic heterocycles. The maximum Gasteiger partial charge on any atom is 0.217 e. The monoisotopic (exact) mass is 239 g/mol. The highest BCUT2D eigenvalue weighted by Gasteiger charge is 2.32. The van der Waals surface area contributed by atoms with Crippen molar-refractivity contribution in [2.75, 3.05) is 6.61 Å². The normalized spacial score (nSPS) is 19.1. The molecule has 0 aromatic carbocycles. The molecular formula is C12H17NO2S. The first-order valence-electron chi connectivity index (χ1n) is 5.41. The standard InChI is InChI=1S/C12H17NO2S/c1-7-9(10(16)6-14)4-8-5-12(2,3)15-11(8)13-7/h4,10,14,16H,5-6H2,1-3H3. The number of aliphatic hydroxyl groups excluding tert-OH is 1. The number of aliphatic hydroxyl groups is 1. The summed E-state index contributed by atoms with van der Waals surface area (Å²) in [5.41, 5.74) is 2.81. The molecule has 4 heteroatoms. The van der Waals surface area contributed by atoms with Crippen LogP contribution in [0.5, 0.6) is 5.88 Å². The lowest BCUT2D eigenvalue weighted by Crippen LogP contribution is -2.24. The van der Waals surface area contributed by atoms with Crippen LogP contribution >= 0.6 is 12.6 Å². The average molecular weight is 239 g/mol. The lowest BCUT2D eigenvalue weighted by molar-refractivity contribution is 0.133. The fourth-order valence-corrected chi connectivity index (χ4v) is 2.31. The van der Waals surface area contributed by atoms with Gasteiger partial charge in [-0.3, -0.25) is 0 Å². The maximum absolute atomic E-state index is 9.13. The van der Waals surface area contributed by atoms with Crippen molar-refractivity contribution < 1.29 is 9.84 Å². The number of aromatic nitrogens is 1. The molecule has 0 saturated heterocycles. The van der Waals surface area contributed by atoms with Crippen LogP contribution < -0.4 is 4.74 Å². The van der Waals surface area contributed by atoms with E-state index in [4.69, 9.17) is 9.84 Å². The number of ether oxygens (including phenoxy) is 1. The summed E-state index contributed by atoms with van der Waals surface area (Å²) in [4.78, 5) is 4.44. The molecule has 88 valence electrons. The molecule has 0 radical (unpaired) electrons. The topological polar surface area (TPSA) is 42.4 Å². The lowest BCUT2D eigenvalue weighted by atomic mass is 10.00. The van der Waals surface area contributed by atoms with Crippen molar-refractivity contribution in [2.24, 2.45) is 0 Å². The fraction of sp³-hybridized carbons (Fsp3) is 0.583. The molecular weight excluding hydrogens is 222 g/mol. The van der Waals surface area contributed by atoms with E-state index in [9.17, 15) is 0 Å². The highest BCUT2D eigenvalue weighted by atomic mass is 32.1. The Morgan fingerprint density at radius 3 is 2.94 bits per heavy atom. The number of aryl methyl sites for hydroxylation is 1. The summed E-state index contributed by atoms with van der Waals surface area (Å²) >= 11 is 4.34. The van der Waals surface area contributed by atoms with Gasteiger partial charge in [0.2, 0.25) is 5.88 Å². The van der Waals surface area contributed by atoms with Gasteiger partial charge in [0.25, 0.3) is 0 Å². The summed E-state index contributed by atoms with van der Waals surface area (Å²) in [7, 11) is 0. The molecule has 0 spiro atoms. The first kappa shape index (κ1) is 11.7. The molecule has 3 nitrogen and oxygen atoms in total. The van der Waals surface area contributed by atoms with Gasteiger partial charge in [0, 0.05) is 17.7 Å². The van der Waals surface area contributed by atoms with Gasteiger partial charge in [-0.15, -0.1) is 0 Å². The predicted molar refractivity (Wildman–Crippen MR) is 66.2 cm³/mol. The SMILES string of the molecule is Cc1nc2c(cc1C(S)CO)CC(C)(C)O2. The highest BCUT2D eigenvalue weighted by Crippen LogP contribution is 2.36. The lowest BCUT2D eigenvalue weighted by Gasteiger charge is -2.16. The summed E-state index contributed by atoms with van der Waals surface area (Å²) in [5.74, 6) is 0.727. The number of nitrogens with zero attached hydrogens (tertiary/aromatic N) is 1. The molecule has 0 aliphatic carbocycles. The fourth-order valence-electron chi connectivity index (χ4n) is 2.05. The third-order valence-corrected chi connectivity index (χ3v) is 3.25. The van der Waals surface area contributed by atoms with E-state index < -0.39 is 0 Å². The summed E-state index contributed by atoms with van der Waals surface area (Å²) < 4.78 is 5.74. The Morgan fingerprint density at radius 2 is 2.31 bits per heavy atom. The number of hydrogen-bond acceptors (Lipinski definition) is 4.